The molecule has 1 aromatic carbocycles. The highest BCUT2D eigenvalue weighted by Gasteiger charge is 2.15. The molecule has 0 radical (unpaired) electrons. The molecule has 2 aromatic rings. The molecule has 0 saturated carbocycles. The lowest BCUT2D eigenvalue weighted by Gasteiger charge is -2.18. The molecule has 1 unspecified atom stereocenters. The monoisotopic (exact) mass is 402 g/mol. The molecule has 0 aliphatic heterocycles. The third kappa shape index (κ3) is 3.78. The summed E-state index contributed by atoms with van der Waals surface area (Å²) in [4.78, 5) is 4.19. The van der Waals surface area contributed by atoms with Gasteiger partial charge in [0.05, 0.1) is 5.02 Å². The molecule has 100 valence electrons. The van der Waals surface area contributed by atoms with Crippen LogP contribution in [-0.2, 0) is 6.42 Å². The van der Waals surface area contributed by atoms with Crippen molar-refractivity contribution in [2.24, 2.45) is 0 Å². The number of halogens is 3. The Morgan fingerprint density at radius 3 is 2.79 bits per heavy atom. The summed E-state index contributed by atoms with van der Waals surface area (Å²) >= 11 is 13.3. The standard InChI is InChI=1S/C14H13Br2ClN2/c1-18-13(6-9-5-10(15)8-19-7-9)11-3-2-4-12(16)14(11)17/h2-5,7-8,13,18H,6H2,1H3. The Kier molecular flexibility index (Phi) is 5.39. The molecule has 0 amide bonds. The van der Waals surface area contributed by atoms with Crippen molar-refractivity contribution < 1.29 is 0 Å². The van der Waals surface area contributed by atoms with E-state index in [9.17, 15) is 0 Å². The molecule has 0 bridgehead atoms. The number of rotatable bonds is 4. The Balaban J connectivity index is 2.28. The zero-order valence-electron chi connectivity index (χ0n) is 10.3. The molecule has 1 atom stereocenters. The molecule has 0 fully saturated rings. The maximum Gasteiger partial charge on any atom is 0.0595 e. The number of likely N-dealkylation sites (N-methyl/N-ethyl adjacent to an activating group) is 1. The van der Waals surface area contributed by atoms with Crippen molar-refractivity contribution in [3.05, 3.63) is 61.8 Å². The van der Waals surface area contributed by atoms with Crippen LogP contribution in [0.1, 0.15) is 17.2 Å². The van der Waals surface area contributed by atoms with E-state index in [-0.39, 0.29) is 6.04 Å². The fourth-order valence-corrected chi connectivity index (χ4v) is 3.01. The second-order valence-electron chi connectivity index (χ2n) is 4.20. The summed E-state index contributed by atoms with van der Waals surface area (Å²) in [7, 11) is 1.94. The number of benzene rings is 1. The first-order chi connectivity index (χ1) is 9.11. The predicted octanol–water partition coefficient (Wildman–Crippen LogP) is 4.76. The maximum atomic E-state index is 6.35. The van der Waals surface area contributed by atoms with Gasteiger partial charge in [-0.2, -0.15) is 0 Å². The average molecular weight is 405 g/mol. The van der Waals surface area contributed by atoms with Gasteiger partial charge in [0.25, 0.3) is 0 Å². The van der Waals surface area contributed by atoms with Gasteiger partial charge in [0.15, 0.2) is 0 Å². The van der Waals surface area contributed by atoms with Crippen molar-refractivity contribution in [3.63, 3.8) is 0 Å². The molecular formula is C14H13Br2ClN2. The normalized spacial score (nSPS) is 12.4. The smallest absolute Gasteiger partial charge is 0.0595 e. The van der Waals surface area contributed by atoms with Gasteiger partial charge >= 0.3 is 0 Å². The fraction of sp³-hybridized carbons (Fsp3) is 0.214. The van der Waals surface area contributed by atoms with Gasteiger partial charge in [-0.3, -0.25) is 4.98 Å². The fourth-order valence-electron chi connectivity index (χ4n) is 1.96. The molecule has 1 aromatic heterocycles. The lowest BCUT2D eigenvalue weighted by molar-refractivity contribution is 0.591. The molecule has 1 N–H and O–H groups in total. The molecule has 1 heterocycles. The van der Waals surface area contributed by atoms with Crippen LogP contribution in [0.3, 0.4) is 0 Å². The molecule has 2 rings (SSSR count). The van der Waals surface area contributed by atoms with Crippen molar-refractivity contribution in [1.29, 1.82) is 0 Å². The molecule has 0 aliphatic rings. The second-order valence-corrected chi connectivity index (χ2v) is 6.35. The molecular weight excluding hydrogens is 391 g/mol. The number of pyridine rings is 1. The third-order valence-electron chi connectivity index (χ3n) is 2.91. The zero-order chi connectivity index (χ0) is 13.8. The minimum absolute atomic E-state index is 0.154. The highest BCUT2D eigenvalue weighted by molar-refractivity contribution is 9.10. The summed E-state index contributed by atoms with van der Waals surface area (Å²) < 4.78 is 1.90. The Bertz CT molecular complexity index is 575. The molecule has 19 heavy (non-hydrogen) atoms. The van der Waals surface area contributed by atoms with Gasteiger partial charge in [0.2, 0.25) is 0 Å². The highest BCUT2D eigenvalue weighted by Crippen LogP contribution is 2.31. The van der Waals surface area contributed by atoms with E-state index in [0.29, 0.717) is 0 Å². The third-order valence-corrected chi connectivity index (χ3v) is 4.65. The van der Waals surface area contributed by atoms with E-state index >= 15 is 0 Å². The summed E-state index contributed by atoms with van der Waals surface area (Å²) in [6.45, 7) is 0. The van der Waals surface area contributed by atoms with Gasteiger partial charge in [-0.05, 0) is 68.6 Å². The van der Waals surface area contributed by atoms with Gasteiger partial charge in [0.1, 0.15) is 0 Å². The van der Waals surface area contributed by atoms with Crippen molar-refractivity contribution in [3.8, 4) is 0 Å². The Labute approximate surface area is 134 Å². The summed E-state index contributed by atoms with van der Waals surface area (Å²) in [5.41, 5.74) is 2.24. The Hall–Kier alpha value is -0.420. The van der Waals surface area contributed by atoms with Crippen molar-refractivity contribution in [2.45, 2.75) is 12.5 Å². The van der Waals surface area contributed by atoms with Crippen molar-refractivity contribution in [2.75, 3.05) is 7.05 Å². The summed E-state index contributed by atoms with van der Waals surface area (Å²) in [6, 6.07) is 8.21. The zero-order valence-corrected chi connectivity index (χ0v) is 14.3. The first kappa shape index (κ1) is 15.0. The number of nitrogens with zero attached hydrogens (tertiary/aromatic N) is 1. The van der Waals surface area contributed by atoms with Gasteiger partial charge in [-0.25, -0.2) is 0 Å². The second kappa shape index (κ2) is 6.84. The summed E-state index contributed by atoms with van der Waals surface area (Å²) in [5.74, 6) is 0. The lowest BCUT2D eigenvalue weighted by Crippen LogP contribution is -2.19. The van der Waals surface area contributed by atoms with Crippen LogP contribution in [0.5, 0.6) is 0 Å². The lowest BCUT2D eigenvalue weighted by atomic mass is 10.00. The van der Waals surface area contributed by atoms with E-state index in [1.165, 1.54) is 0 Å². The van der Waals surface area contributed by atoms with Crippen LogP contribution in [0.4, 0.5) is 0 Å². The predicted molar refractivity (Wildman–Crippen MR) is 86.6 cm³/mol. The van der Waals surface area contributed by atoms with Gasteiger partial charge < -0.3 is 5.32 Å². The van der Waals surface area contributed by atoms with Gasteiger partial charge in [0, 0.05) is 27.4 Å². The van der Waals surface area contributed by atoms with Crippen LogP contribution in [0.2, 0.25) is 5.02 Å². The van der Waals surface area contributed by atoms with Gasteiger partial charge in [-0.1, -0.05) is 23.7 Å². The number of nitrogens with one attached hydrogen (secondary N) is 1. The largest absolute Gasteiger partial charge is 0.313 e. The Morgan fingerprint density at radius 1 is 1.32 bits per heavy atom. The van der Waals surface area contributed by atoms with E-state index in [0.717, 1.165) is 31.5 Å². The number of aromatic nitrogens is 1. The quantitative estimate of drug-likeness (QED) is 0.795. The SMILES string of the molecule is CNC(Cc1cncc(Br)c1)c1cccc(Br)c1Cl. The molecule has 0 aliphatic carbocycles. The number of hydrogen-bond acceptors (Lipinski definition) is 2. The van der Waals surface area contributed by atoms with E-state index in [4.69, 9.17) is 11.6 Å². The van der Waals surface area contributed by atoms with E-state index in [2.05, 4.69) is 48.2 Å². The van der Waals surface area contributed by atoms with Gasteiger partial charge in [-0.15, -0.1) is 0 Å². The Morgan fingerprint density at radius 2 is 2.11 bits per heavy atom. The molecule has 0 spiro atoms. The highest BCUT2D eigenvalue weighted by atomic mass is 79.9. The average Bonchev–Trinajstić information content (AvgIpc) is 2.40. The van der Waals surface area contributed by atoms with E-state index < -0.39 is 0 Å². The first-order valence-corrected chi connectivity index (χ1v) is 7.79. The van der Waals surface area contributed by atoms with Crippen molar-refractivity contribution in [1.82, 2.24) is 10.3 Å². The minimum atomic E-state index is 0.154. The van der Waals surface area contributed by atoms with Crippen LogP contribution in [0, 0.1) is 0 Å². The minimum Gasteiger partial charge on any atom is -0.313 e. The van der Waals surface area contributed by atoms with Crippen molar-refractivity contribution >= 4 is 43.5 Å². The summed E-state index contributed by atoms with van der Waals surface area (Å²) in [5, 5.41) is 4.06. The van der Waals surface area contributed by atoms with E-state index in [1.54, 1.807) is 6.20 Å². The molecule has 5 heteroatoms. The van der Waals surface area contributed by atoms with Crippen LogP contribution >= 0.6 is 43.5 Å². The van der Waals surface area contributed by atoms with Crippen LogP contribution in [0.25, 0.3) is 0 Å². The van der Waals surface area contributed by atoms with Crippen LogP contribution in [-0.4, -0.2) is 12.0 Å². The maximum absolute atomic E-state index is 6.35. The molecule has 2 nitrogen and oxygen atoms in total. The molecule has 0 saturated heterocycles. The van der Waals surface area contributed by atoms with Crippen LogP contribution in [0.15, 0.2) is 45.6 Å². The van der Waals surface area contributed by atoms with Crippen LogP contribution < -0.4 is 5.32 Å². The topological polar surface area (TPSA) is 24.9 Å². The number of hydrogen-bond donors (Lipinski definition) is 1. The van der Waals surface area contributed by atoms with E-state index in [1.807, 2.05) is 31.4 Å². The summed E-state index contributed by atoms with van der Waals surface area (Å²) in [6.07, 6.45) is 4.49. The first-order valence-electron chi connectivity index (χ1n) is 5.82.